The van der Waals surface area contributed by atoms with Gasteiger partial charge in [-0.2, -0.15) is 0 Å². The van der Waals surface area contributed by atoms with E-state index in [4.69, 9.17) is 11.6 Å². The summed E-state index contributed by atoms with van der Waals surface area (Å²) in [4.78, 5) is 10.3. The van der Waals surface area contributed by atoms with Gasteiger partial charge < -0.3 is 0 Å². The van der Waals surface area contributed by atoms with Gasteiger partial charge in [-0.1, -0.05) is 0 Å². The van der Waals surface area contributed by atoms with Gasteiger partial charge in [0.05, 0.1) is 0 Å². The third kappa shape index (κ3) is 1.65. The lowest BCUT2D eigenvalue weighted by Gasteiger charge is -2.01. The van der Waals surface area contributed by atoms with Crippen molar-refractivity contribution in [3.05, 3.63) is 34.9 Å². The van der Waals surface area contributed by atoms with Crippen molar-refractivity contribution in [2.24, 2.45) is 0 Å². The van der Waals surface area contributed by atoms with Crippen LogP contribution in [0.4, 0.5) is 17.6 Å². The largest absolute Gasteiger partial charge is 0.275 e. The molecule has 0 aliphatic carbocycles. The Balaban J connectivity index is 3.56. The Morgan fingerprint density at radius 3 is 1.77 bits per heavy atom. The number of carbonyl (C=O) groups excluding carboxylic acids is 1. The summed E-state index contributed by atoms with van der Waals surface area (Å²) in [5, 5.41) is -1.59. The molecule has 0 unspecified atom stereocenters. The number of benzene rings is 1. The van der Waals surface area contributed by atoms with Crippen LogP contribution >= 0.6 is 11.6 Å². The van der Waals surface area contributed by atoms with Gasteiger partial charge in [0.25, 0.3) is 5.24 Å². The molecule has 0 aliphatic rings. The van der Waals surface area contributed by atoms with Crippen molar-refractivity contribution in [3.8, 4) is 0 Å². The van der Waals surface area contributed by atoms with Crippen molar-refractivity contribution in [1.82, 2.24) is 0 Å². The summed E-state index contributed by atoms with van der Waals surface area (Å²) in [6, 6.07) is -0.00596. The molecule has 0 radical (unpaired) electrons. The first-order valence-corrected chi connectivity index (χ1v) is 3.35. The van der Waals surface area contributed by atoms with E-state index in [0.29, 0.717) is 0 Å². The molecule has 70 valence electrons. The van der Waals surface area contributed by atoms with E-state index in [1.165, 1.54) is 0 Å². The van der Waals surface area contributed by atoms with Gasteiger partial charge in [-0.05, 0) is 11.6 Å². The van der Waals surface area contributed by atoms with E-state index in [-0.39, 0.29) is 6.07 Å². The van der Waals surface area contributed by atoms with Crippen molar-refractivity contribution in [3.63, 3.8) is 0 Å². The van der Waals surface area contributed by atoms with Gasteiger partial charge in [-0.15, -0.1) is 0 Å². The normalized spacial score (nSPS) is 10.2. The molecule has 0 amide bonds. The van der Waals surface area contributed by atoms with Crippen molar-refractivity contribution in [1.29, 1.82) is 0 Å². The number of rotatable bonds is 1. The zero-order valence-corrected chi connectivity index (χ0v) is 6.63. The highest BCUT2D eigenvalue weighted by Crippen LogP contribution is 2.20. The maximum Gasteiger partial charge on any atom is 0.258 e. The minimum atomic E-state index is -1.79. The van der Waals surface area contributed by atoms with Crippen molar-refractivity contribution < 1.29 is 22.4 Å². The second-order valence-electron chi connectivity index (χ2n) is 2.12. The van der Waals surface area contributed by atoms with E-state index >= 15 is 0 Å². The number of halogens is 5. The fraction of sp³-hybridized carbons (Fsp3) is 0. The van der Waals surface area contributed by atoms with Crippen LogP contribution in [0.1, 0.15) is 10.4 Å². The fourth-order valence-electron chi connectivity index (χ4n) is 0.746. The van der Waals surface area contributed by atoms with Crippen LogP contribution in [0.25, 0.3) is 0 Å². The minimum absolute atomic E-state index is 0.00596. The maximum absolute atomic E-state index is 12.6. The Bertz CT molecular complexity index is 351. The predicted octanol–water partition coefficient (Wildman–Crippen LogP) is 2.62. The van der Waals surface area contributed by atoms with Crippen LogP contribution < -0.4 is 0 Å². The molecule has 6 heteroatoms. The maximum atomic E-state index is 12.6. The molecule has 1 aromatic rings. The van der Waals surface area contributed by atoms with Crippen LogP contribution in [0.3, 0.4) is 0 Å². The summed E-state index contributed by atoms with van der Waals surface area (Å²) in [6.45, 7) is 0. The molecule has 0 fully saturated rings. The Labute approximate surface area is 74.9 Å². The summed E-state index contributed by atoms with van der Waals surface area (Å²) in [6.07, 6.45) is 0. The smallest absolute Gasteiger partial charge is 0.258 e. The van der Waals surface area contributed by atoms with Crippen molar-refractivity contribution in [2.45, 2.75) is 0 Å². The molecule has 0 N–H and O–H groups in total. The molecule has 1 aromatic carbocycles. The fourth-order valence-corrected chi connectivity index (χ4v) is 0.912. The predicted molar refractivity (Wildman–Crippen MR) is 36.5 cm³/mol. The zero-order chi connectivity index (χ0) is 10.2. The van der Waals surface area contributed by atoms with Crippen LogP contribution in [0.5, 0.6) is 0 Å². The SMILES string of the molecule is O=C(Cl)c1c(F)c(F)cc(F)c1F. The van der Waals surface area contributed by atoms with Gasteiger partial charge in [0.2, 0.25) is 0 Å². The van der Waals surface area contributed by atoms with E-state index in [1.807, 2.05) is 0 Å². The molecule has 13 heavy (non-hydrogen) atoms. The third-order valence-electron chi connectivity index (χ3n) is 1.31. The van der Waals surface area contributed by atoms with Gasteiger partial charge in [0.15, 0.2) is 23.3 Å². The third-order valence-corrected chi connectivity index (χ3v) is 1.50. The van der Waals surface area contributed by atoms with Gasteiger partial charge in [0.1, 0.15) is 5.56 Å². The highest BCUT2D eigenvalue weighted by Gasteiger charge is 2.23. The Hall–Kier alpha value is -1.10. The second-order valence-corrected chi connectivity index (χ2v) is 2.46. The molecule has 0 aromatic heterocycles. The van der Waals surface area contributed by atoms with E-state index < -0.39 is 34.1 Å². The van der Waals surface area contributed by atoms with Gasteiger partial charge in [-0.3, -0.25) is 4.79 Å². The lowest BCUT2D eigenvalue weighted by molar-refractivity contribution is 0.107. The van der Waals surface area contributed by atoms with E-state index in [9.17, 15) is 22.4 Å². The first kappa shape index (κ1) is 9.98. The Morgan fingerprint density at radius 1 is 1.08 bits per heavy atom. The molecule has 0 atom stereocenters. The van der Waals surface area contributed by atoms with E-state index in [1.54, 1.807) is 0 Å². The zero-order valence-electron chi connectivity index (χ0n) is 5.88. The lowest BCUT2D eigenvalue weighted by Crippen LogP contribution is -2.05. The summed E-state index contributed by atoms with van der Waals surface area (Å²) < 4.78 is 50.0. The molecule has 0 aliphatic heterocycles. The van der Waals surface area contributed by atoms with Gasteiger partial charge in [0, 0.05) is 6.07 Å². The summed E-state index contributed by atoms with van der Waals surface area (Å²) in [5.41, 5.74) is -1.42. The summed E-state index contributed by atoms with van der Waals surface area (Å²) in [7, 11) is 0. The van der Waals surface area contributed by atoms with Crippen LogP contribution in [0, 0.1) is 23.3 Å². The molecular weight excluding hydrogens is 212 g/mol. The molecule has 0 saturated heterocycles. The van der Waals surface area contributed by atoms with Gasteiger partial charge in [-0.25, -0.2) is 17.6 Å². The average Bonchev–Trinajstić information content (AvgIpc) is 2.01. The van der Waals surface area contributed by atoms with Crippen LogP contribution in [0.2, 0.25) is 0 Å². The molecule has 1 nitrogen and oxygen atoms in total. The molecule has 0 spiro atoms. The molecule has 0 bridgehead atoms. The topological polar surface area (TPSA) is 17.1 Å². The summed E-state index contributed by atoms with van der Waals surface area (Å²) >= 11 is 4.71. The average molecular weight is 213 g/mol. The Kier molecular flexibility index (Phi) is 2.56. The molecule has 0 saturated carbocycles. The van der Waals surface area contributed by atoms with Crippen molar-refractivity contribution in [2.75, 3.05) is 0 Å². The molecular formula is C7HClF4O. The van der Waals surface area contributed by atoms with Crippen LogP contribution in [-0.4, -0.2) is 5.24 Å². The van der Waals surface area contributed by atoms with Gasteiger partial charge >= 0.3 is 0 Å². The summed E-state index contributed by atoms with van der Waals surface area (Å²) in [5.74, 6) is -6.91. The van der Waals surface area contributed by atoms with Crippen LogP contribution in [-0.2, 0) is 0 Å². The Morgan fingerprint density at radius 2 is 1.46 bits per heavy atom. The monoisotopic (exact) mass is 212 g/mol. The van der Waals surface area contributed by atoms with E-state index in [2.05, 4.69) is 0 Å². The highest BCUT2D eigenvalue weighted by atomic mass is 35.5. The first-order valence-electron chi connectivity index (χ1n) is 2.98. The number of hydrogen-bond donors (Lipinski definition) is 0. The number of hydrogen-bond acceptors (Lipinski definition) is 1. The lowest BCUT2D eigenvalue weighted by atomic mass is 10.2. The van der Waals surface area contributed by atoms with Crippen LogP contribution in [0.15, 0.2) is 6.07 Å². The molecule has 0 heterocycles. The van der Waals surface area contributed by atoms with Crippen molar-refractivity contribution >= 4 is 16.8 Å². The highest BCUT2D eigenvalue weighted by molar-refractivity contribution is 6.67. The molecule has 1 rings (SSSR count). The first-order chi connectivity index (χ1) is 5.95. The quantitative estimate of drug-likeness (QED) is 0.397. The number of carbonyl (C=O) groups is 1. The van der Waals surface area contributed by atoms with E-state index in [0.717, 1.165) is 0 Å². The second kappa shape index (κ2) is 3.33. The standard InChI is InChI=1S/C7HClF4O/c8-7(13)4-5(11)2(9)1-3(10)6(4)12/h1H. The minimum Gasteiger partial charge on any atom is -0.275 e.